The summed E-state index contributed by atoms with van der Waals surface area (Å²) in [4.78, 5) is 19.0. The van der Waals surface area contributed by atoms with Crippen molar-refractivity contribution in [3.8, 4) is 6.07 Å². The largest absolute Gasteiger partial charge is 0.341 e. The molecule has 1 amide bonds. The highest BCUT2D eigenvalue weighted by Crippen LogP contribution is 2.22. The van der Waals surface area contributed by atoms with Crippen LogP contribution in [0.2, 0.25) is 0 Å². The van der Waals surface area contributed by atoms with Crippen LogP contribution < -0.4 is 0 Å². The third-order valence-corrected chi connectivity index (χ3v) is 5.39. The van der Waals surface area contributed by atoms with Crippen LogP contribution in [0.3, 0.4) is 0 Å². The third-order valence-electron chi connectivity index (χ3n) is 5.39. The lowest BCUT2D eigenvalue weighted by atomic mass is 9.90. The standard InChI is InChI=1S/C22H22N4O/c23-14-19-6-7-21-20(13-19)24-16-26(21)15-22(27)25-10-8-18(9-11-25)12-17-4-2-1-3-5-17/h1-7,13,16,18H,8-12,15H2. The topological polar surface area (TPSA) is 61.9 Å². The number of amides is 1. The molecule has 0 unspecified atom stereocenters. The summed E-state index contributed by atoms with van der Waals surface area (Å²) in [6.45, 7) is 1.94. The summed E-state index contributed by atoms with van der Waals surface area (Å²) in [5.41, 5.74) is 3.60. The molecule has 0 radical (unpaired) electrons. The minimum atomic E-state index is 0.136. The molecule has 1 aliphatic rings. The molecule has 0 aliphatic carbocycles. The van der Waals surface area contributed by atoms with Crippen LogP contribution >= 0.6 is 0 Å². The van der Waals surface area contributed by atoms with E-state index >= 15 is 0 Å². The summed E-state index contributed by atoms with van der Waals surface area (Å²) >= 11 is 0. The molecule has 0 bridgehead atoms. The Bertz CT molecular complexity index is 978. The quantitative estimate of drug-likeness (QED) is 0.718. The number of carbonyl (C=O) groups is 1. The number of imidazole rings is 1. The smallest absolute Gasteiger partial charge is 0.242 e. The molecule has 4 rings (SSSR count). The highest BCUT2D eigenvalue weighted by molar-refractivity contribution is 5.81. The first kappa shape index (κ1) is 17.3. The van der Waals surface area contributed by atoms with Crippen LogP contribution in [0.5, 0.6) is 0 Å². The molecule has 0 saturated carbocycles. The van der Waals surface area contributed by atoms with E-state index in [-0.39, 0.29) is 5.91 Å². The van der Waals surface area contributed by atoms with E-state index in [4.69, 9.17) is 5.26 Å². The van der Waals surface area contributed by atoms with Gasteiger partial charge >= 0.3 is 0 Å². The molecule has 3 aromatic rings. The van der Waals surface area contributed by atoms with E-state index in [2.05, 4.69) is 35.3 Å². The zero-order valence-corrected chi connectivity index (χ0v) is 15.2. The Morgan fingerprint density at radius 1 is 1.15 bits per heavy atom. The Morgan fingerprint density at radius 3 is 2.67 bits per heavy atom. The Kier molecular flexibility index (Phi) is 4.88. The van der Waals surface area contributed by atoms with Crippen LogP contribution in [0, 0.1) is 17.2 Å². The van der Waals surface area contributed by atoms with Gasteiger partial charge in [-0.25, -0.2) is 4.98 Å². The summed E-state index contributed by atoms with van der Waals surface area (Å²) < 4.78 is 1.87. The first-order chi connectivity index (χ1) is 13.2. The van der Waals surface area contributed by atoms with Crippen molar-refractivity contribution in [2.45, 2.75) is 25.8 Å². The first-order valence-corrected chi connectivity index (χ1v) is 9.39. The highest BCUT2D eigenvalue weighted by Gasteiger charge is 2.23. The average Bonchev–Trinajstić information content (AvgIpc) is 3.11. The molecule has 5 nitrogen and oxygen atoms in total. The SMILES string of the molecule is N#Cc1ccc2c(c1)ncn2CC(=O)N1CCC(Cc2ccccc2)CC1. The Balaban J connectivity index is 1.35. The Hall–Kier alpha value is -3.13. The van der Waals surface area contributed by atoms with Crippen molar-refractivity contribution in [2.75, 3.05) is 13.1 Å². The van der Waals surface area contributed by atoms with E-state index < -0.39 is 0 Å². The third kappa shape index (κ3) is 3.85. The maximum absolute atomic E-state index is 12.7. The number of rotatable bonds is 4. The molecule has 0 atom stereocenters. The van der Waals surface area contributed by atoms with Gasteiger partial charge in [0.2, 0.25) is 5.91 Å². The van der Waals surface area contributed by atoms with E-state index in [1.54, 1.807) is 18.5 Å². The summed E-state index contributed by atoms with van der Waals surface area (Å²) in [5, 5.41) is 8.99. The van der Waals surface area contributed by atoms with Crippen molar-refractivity contribution in [3.05, 3.63) is 66.0 Å². The number of benzene rings is 2. The van der Waals surface area contributed by atoms with Gasteiger partial charge in [0.25, 0.3) is 0 Å². The number of fused-ring (bicyclic) bond motifs is 1. The van der Waals surface area contributed by atoms with Gasteiger partial charge in [0.1, 0.15) is 6.54 Å². The molecule has 0 spiro atoms. The zero-order valence-electron chi connectivity index (χ0n) is 15.2. The molecule has 5 heteroatoms. The van der Waals surface area contributed by atoms with Crippen LogP contribution in [0.4, 0.5) is 0 Å². The highest BCUT2D eigenvalue weighted by atomic mass is 16.2. The van der Waals surface area contributed by atoms with Gasteiger partial charge in [-0.3, -0.25) is 4.79 Å². The molecule has 1 saturated heterocycles. The van der Waals surface area contributed by atoms with Crippen molar-refractivity contribution in [2.24, 2.45) is 5.92 Å². The second-order valence-electron chi connectivity index (χ2n) is 7.20. The number of aromatic nitrogens is 2. The fourth-order valence-corrected chi connectivity index (χ4v) is 3.84. The van der Waals surface area contributed by atoms with Crippen molar-refractivity contribution in [1.82, 2.24) is 14.5 Å². The van der Waals surface area contributed by atoms with Gasteiger partial charge in [0.15, 0.2) is 0 Å². The predicted molar refractivity (Wildman–Crippen MR) is 104 cm³/mol. The molecule has 27 heavy (non-hydrogen) atoms. The van der Waals surface area contributed by atoms with Gasteiger partial charge in [-0.2, -0.15) is 5.26 Å². The van der Waals surface area contributed by atoms with Crippen LogP contribution in [-0.4, -0.2) is 33.4 Å². The van der Waals surface area contributed by atoms with E-state index in [0.717, 1.165) is 43.4 Å². The lowest BCUT2D eigenvalue weighted by Gasteiger charge is -2.32. The number of nitrogens with zero attached hydrogens (tertiary/aromatic N) is 4. The molecule has 2 aromatic carbocycles. The lowest BCUT2D eigenvalue weighted by molar-refractivity contribution is -0.133. The summed E-state index contributed by atoms with van der Waals surface area (Å²) in [5.74, 6) is 0.784. The molecule has 136 valence electrons. The zero-order chi connectivity index (χ0) is 18.6. The molecular weight excluding hydrogens is 336 g/mol. The van der Waals surface area contributed by atoms with Crippen molar-refractivity contribution in [3.63, 3.8) is 0 Å². The number of piperidine rings is 1. The van der Waals surface area contributed by atoms with Gasteiger partial charge in [-0.15, -0.1) is 0 Å². The van der Waals surface area contributed by atoms with E-state index in [1.165, 1.54) is 5.56 Å². The van der Waals surface area contributed by atoms with Gasteiger partial charge in [-0.05, 0) is 48.9 Å². The van der Waals surface area contributed by atoms with Crippen LogP contribution in [-0.2, 0) is 17.8 Å². The van der Waals surface area contributed by atoms with Gasteiger partial charge in [0.05, 0.1) is 29.0 Å². The van der Waals surface area contributed by atoms with Crippen molar-refractivity contribution >= 4 is 16.9 Å². The van der Waals surface area contributed by atoms with Gasteiger partial charge in [-0.1, -0.05) is 30.3 Å². The predicted octanol–water partition coefficient (Wildman–Crippen LogP) is 3.39. The van der Waals surface area contributed by atoms with Crippen molar-refractivity contribution in [1.29, 1.82) is 5.26 Å². The van der Waals surface area contributed by atoms with E-state index in [0.29, 0.717) is 18.0 Å². The van der Waals surface area contributed by atoms with Gasteiger partial charge < -0.3 is 9.47 Å². The lowest BCUT2D eigenvalue weighted by Crippen LogP contribution is -2.40. The van der Waals surface area contributed by atoms with Crippen LogP contribution in [0.1, 0.15) is 24.0 Å². The summed E-state index contributed by atoms with van der Waals surface area (Å²) in [6, 6.07) is 18.1. The van der Waals surface area contributed by atoms with Crippen molar-refractivity contribution < 1.29 is 4.79 Å². The number of nitriles is 1. The molecular formula is C22H22N4O. The Labute approximate surface area is 158 Å². The minimum absolute atomic E-state index is 0.136. The fourth-order valence-electron chi connectivity index (χ4n) is 3.84. The molecule has 1 aromatic heterocycles. The maximum atomic E-state index is 12.7. The number of likely N-dealkylation sites (tertiary alicyclic amines) is 1. The summed E-state index contributed by atoms with van der Waals surface area (Å²) in [7, 11) is 0. The van der Waals surface area contributed by atoms with Crippen LogP contribution in [0.25, 0.3) is 11.0 Å². The second kappa shape index (κ2) is 7.63. The first-order valence-electron chi connectivity index (χ1n) is 9.39. The molecule has 1 aliphatic heterocycles. The molecule has 1 fully saturated rings. The molecule has 2 heterocycles. The summed E-state index contributed by atoms with van der Waals surface area (Å²) in [6.07, 6.45) is 4.88. The number of hydrogen-bond donors (Lipinski definition) is 0. The number of carbonyl (C=O) groups excluding carboxylic acids is 1. The van der Waals surface area contributed by atoms with Crippen LogP contribution in [0.15, 0.2) is 54.9 Å². The van der Waals surface area contributed by atoms with E-state index in [9.17, 15) is 4.79 Å². The normalized spacial score (nSPS) is 15.0. The second-order valence-corrected chi connectivity index (χ2v) is 7.20. The Morgan fingerprint density at radius 2 is 1.93 bits per heavy atom. The van der Waals surface area contributed by atoms with E-state index in [1.807, 2.05) is 21.6 Å². The maximum Gasteiger partial charge on any atom is 0.242 e. The number of hydrogen-bond acceptors (Lipinski definition) is 3. The fraction of sp³-hybridized carbons (Fsp3) is 0.318. The average molecular weight is 358 g/mol. The van der Waals surface area contributed by atoms with Gasteiger partial charge in [0, 0.05) is 13.1 Å². The monoisotopic (exact) mass is 358 g/mol. The minimum Gasteiger partial charge on any atom is -0.341 e. The molecule has 0 N–H and O–H groups in total.